The maximum atomic E-state index is 14.7. The van der Waals surface area contributed by atoms with Gasteiger partial charge in [0, 0.05) is 43.2 Å². The molecular formula is C48H59N11O7. The van der Waals surface area contributed by atoms with E-state index in [1.165, 1.54) is 43.7 Å². The lowest BCUT2D eigenvalue weighted by molar-refractivity contribution is -0.141. The van der Waals surface area contributed by atoms with E-state index in [0.29, 0.717) is 56.9 Å². The number of aryl methyl sites for hydroxylation is 2. The highest BCUT2D eigenvalue weighted by atomic mass is 16.5. The van der Waals surface area contributed by atoms with Crippen LogP contribution in [0, 0.1) is 25.2 Å². The van der Waals surface area contributed by atoms with Crippen LogP contribution in [-0.2, 0) is 25.6 Å². The van der Waals surface area contributed by atoms with Crippen molar-refractivity contribution < 1.29 is 33.4 Å². The second-order valence-electron chi connectivity index (χ2n) is 16.5. The van der Waals surface area contributed by atoms with Gasteiger partial charge in [0.05, 0.1) is 23.0 Å². The van der Waals surface area contributed by atoms with Gasteiger partial charge in [-0.1, -0.05) is 42.8 Å². The normalized spacial score (nSPS) is 17.7. The van der Waals surface area contributed by atoms with E-state index in [1.54, 1.807) is 50.2 Å². The summed E-state index contributed by atoms with van der Waals surface area (Å²) in [5.74, 6) is -1.49. The first-order valence-corrected chi connectivity index (χ1v) is 22.2. The summed E-state index contributed by atoms with van der Waals surface area (Å²) in [4.78, 5) is 81.1. The zero-order valence-electron chi connectivity index (χ0n) is 37.8. The minimum Gasteiger partial charge on any atom is -0.492 e. The Morgan fingerprint density at radius 3 is 2.08 bits per heavy atom. The van der Waals surface area contributed by atoms with E-state index in [9.17, 15) is 29.2 Å². The zero-order valence-corrected chi connectivity index (χ0v) is 37.8. The summed E-state index contributed by atoms with van der Waals surface area (Å²) in [5.41, 5.74) is 22.7. The molecule has 4 unspecified atom stereocenters. The molecule has 6 rings (SSSR count). The SMILES string of the molecule is Cc1nc(-c2ccc(C3CCC3)cc2)nc(C)c1C(=O)NC(CCN)C(=O)N(C)C1C(=O)NC(C)C(=O)NC(C(=O)NCC#N)Cc2ccc(OCCN)c(c2)-c2cc1ccc2OCCN. The molecule has 1 saturated carbocycles. The summed E-state index contributed by atoms with van der Waals surface area (Å²) < 4.78 is 12.2. The number of nitrogens with one attached hydrogen (secondary N) is 4. The molecule has 66 heavy (non-hydrogen) atoms. The van der Waals surface area contributed by atoms with Gasteiger partial charge in [-0.25, -0.2) is 9.97 Å². The van der Waals surface area contributed by atoms with Crippen molar-refractivity contribution in [2.24, 2.45) is 17.2 Å². The molecule has 0 saturated heterocycles. The molecule has 10 N–H and O–H groups in total. The Morgan fingerprint density at radius 2 is 1.48 bits per heavy atom. The lowest BCUT2D eigenvalue weighted by atomic mass is 9.80. The van der Waals surface area contributed by atoms with E-state index in [-0.39, 0.29) is 57.8 Å². The van der Waals surface area contributed by atoms with Crippen LogP contribution in [0.25, 0.3) is 22.5 Å². The van der Waals surface area contributed by atoms with Crippen molar-refractivity contribution >= 4 is 29.5 Å². The highest BCUT2D eigenvalue weighted by molar-refractivity contribution is 6.00. The molecule has 4 atom stereocenters. The number of nitrogens with zero attached hydrogens (tertiary/aromatic N) is 4. The highest BCUT2D eigenvalue weighted by Gasteiger charge is 2.36. The van der Waals surface area contributed by atoms with Crippen LogP contribution < -0.4 is 47.9 Å². The van der Waals surface area contributed by atoms with Gasteiger partial charge in [0.25, 0.3) is 5.91 Å². The lowest BCUT2D eigenvalue weighted by Gasteiger charge is -2.32. The van der Waals surface area contributed by atoms with E-state index in [2.05, 4.69) is 43.4 Å². The number of ether oxygens (including phenoxy) is 2. The molecule has 3 aromatic carbocycles. The fourth-order valence-corrected chi connectivity index (χ4v) is 8.18. The Bertz CT molecular complexity index is 2450. The smallest absolute Gasteiger partial charge is 0.255 e. The van der Waals surface area contributed by atoms with Gasteiger partial charge in [-0.15, -0.1) is 0 Å². The van der Waals surface area contributed by atoms with Gasteiger partial charge in [0.15, 0.2) is 5.82 Å². The van der Waals surface area contributed by atoms with Crippen molar-refractivity contribution in [2.45, 2.75) is 83.0 Å². The van der Waals surface area contributed by atoms with E-state index < -0.39 is 53.7 Å². The number of nitriles is 1. The predicted octanol–water partition coefficient (Wildman–Crippen LogP) is 2.20. The minimum absolute atomic E-state index is 0.00406. The van der Waals surface area contributed by atoms with Gasteiger partial charge in [0.1, 0.15) is 55.4 Å². The number of likely N-dealkylation sites (N-methyl/N-ethyl adjacent to an activating group) is 1. The topological polar surface area (TPSA) is 283 Å². The molecule has 1 aliphatic carbocycles. The number of nitrogens with two attached hydrogens (primary N) is 3. The van der Waals surface area contributed by atoms with Crippen LogP contribution in [0.15, 0.2) is 60.7 Å². The monoisotopic (exact) mass is 901 g/mol. The zero-order chi connectivity index (χ0) is 47.5. The molecule has 2 aliphatic rings. The molecule has 0 spiro atoms. The Morgan fingerprint density at radius 1 is 0.864 bits per heavy atom. The quantitative estimate of drug-likeness (QED) is 0.0796. The highest BCUT2D eigenvalue weighted by Crippen LogP contribution is 2.40. The van der Waals surface area contributed by atoms with Crippen LogP contribution in [0.1, 0.15) is 83.0 Å². The van der Waals surface area contributed by atoms with Crippen LogP contribution in [0.2, 0.25) is 0 Å². The average molecular weight is 902 g/mol. The molecule has 1 aliphatic heterocycles. The van der Waals surface area contributed by atoms with Crippen molar-refractivity contribution in [3.8, 4) is 40.1 Å². The summed E-state index contributed by atoms with van der Waals surface area (Å²) in [6, 6.07) is 15.3. The number of aromatic nitrogens is 2. The number of benzene rings is 3. The fraction of sp³-hybridized carbons (Fsp3) is 0.417. The summed E-state index contributed by atoms with van der Waals surface area (Å²) in [6.45, 7) is 5.24. The van der Waals surface area contributed by atoms with Crippen molar-refractivity contribution in [1.82, 2.24) is 36.1 Å². The van der Waals surface area contributed by atoms with E-state index in [4.69, 9.17) is 26.7 Å². The van der Waals surface area contributed by atoms with E-state index in [0.717, 1.165) is 5.56 Å². The maximum Gasteiger partial charge on any atom is 0.255 e. The van der Waals surface area contributed by atoms with E-state index >= 15 is 0 Å². The number of hydrogen-bond donors (Lipinski definition) is 7. The van der Waals surface area contributed by atoms with Gasteiger partial charge < -0.3 is 52.8 Å². The molecule has 2 heterocycles. The standard InChI is InChI=1S/C48H59N11O7/c1-27-41(28(2)55-43(54-27)33-11-9-32(10-12-33)31-6-5-7-31)46(62)57-37(16-17-49)48(64)59(4)42-34-13-15-40(66-23-20-52)36(26-34)35-24-30(8-14-39(35)65-22-19-51)25-38(45(61)53-21-18-50)58-44(60)29(3)56-47(42)63/h8-15,24,26,29,31,37-38,42H,5-7,16-17,19-23,25,49,51-52H2,1-4H3,(H,53,61)(H,56,63)(H,57,62)(H,58,60). The second kappa shape index (κ2) is 22.3. The van der Waals surface area contributed by atoms with Crippen molar-refractivity contribution in [2.75, 3.05) is 46.4 Å². The number of hydrogen-bond acceptors (Lipinski definition) is 13. The average Bonchev–Trinajstić information content (AvgIpc) is 3.28. The molecule has 1 fully saturated rings. The lowest BCUT2D eigenvalue weighted by Crippen LogP contribution is -2.56. The Labute approximate surface area is 384 Å². The van der Waals surface area contributed by atoms with Crippen LogP contribution in [0.4, 0.5) is 0 Å². The van der Waals surface area contributed by atoms with E-state index in [1.807, 2.05) is 18.2 Å². The van der Waals surface area contributed by atoms with Gasteiger partial charge in [-0.2, -0.15) is 5.26 Å². The van der Waals surface area contributed by atoms with Crippen molar-refractivity contribution in [3.63, 3.8) is 0 Å². The third kappa shape index (κ3) is 11.3. The third-order valence-electron chi connectivity index (χ3n) is 11.9. The molecule has 18 nitrogen and oxygen atoms in total. The number of amides is 5. The van der Waals surface area contributed by atoms with Gasteiger partial charge in [-0.3, -0.25) is 24.0 Å². The van der Waals surface area contributed by atoms with Gasteiger partial charge in [0.2, 0.25) is 23.6 Å². The molecular weight excluding hydrogens is 843 g/mol. The van der Waals surface area contributed by atoms with Gasteiger partial charge in [-0.05, 0) is 93.5 Å². The fourth-order valence-electron chi connectivity index (χ4n) is 8.18. The molecule has 0 radical (unpaired) electrons. The first kappa shape index (κ1) is 48.5. The molecule has 1 aromatic heterocycles. The summed E-state index contributed by atoms with van der Waals surface area (Å²) in [6.07, 6.45) is 3.61. The Balaban J connectivity index is 1.37. The minimum atomic E-state index is -1.40. The largest absolute Gasteiger partial charge is 0.492 e. The number of rotatable bonds is 16. The Kier molecular flexibility index (Phi) is 16.4. The summed E-state index contributed by atoms with van der Waals surface area (Å²) in [5, 5.41) is 19.9. The van der Waals surface area contributed by atoms with Crippen LogP contribution in [-0.4, -0.2) is 109 Å². The molecule has 5 amide bonds. The third-order valence-corrected chi connectivity index (χ3v) is 11.9. The van der Waals surface area contributed by atoms with Crippen LogP contribution in [0.3, 0.4) is 0 Å². The first-order chi connectivity index (χ1) is 31.8. The van der Waals surface area contributed by atoms with Crippen LogP contribution in [0.5, 0.6) is 11.5 Å². The number of carbonyl (C=O) groups is 5. The number of carbonyl (C=O) groups excluding carboxylic acids is 5. The summed E-state index contributed by atoms with van der Waals surface area (Å²) >= 11 is 0. The molecule has 18 heteroatoms. The van der Waals surface area contributed by atoms with Gasteiger partial charge >= 0.3 is 0 Å². The first-order valence-electron chi connectivity index (χ1n) is 22.2. The van der Waals surface area contributed by atoms with Crippen molar-refractivity contribution in [3.05, 3.63) is 94.3 Å². The molecule has 348 valence electrons. The maximum absolute atomic E-state index is 14.7. The predicted molar refractivity (Wildman–Crippen MR) is 247 cm³/mol. The second-order valence-corrected chi connectivity index (χ2v) is 16.5. The van der Waals surface area contributed by atoms with Crippen molar-refractivity contribution in [1.29, 1.82) is 5.26 Å². The Hall–Kier alpha value is -6.94. The molecule has 4 bridgehead atoms. The van der Waals surface area contributed by atoms with Crippen LogP contribution >= 0.6 is 0 Å². The summed E-state index contributed by atoms with van der Waals surface area (Å²) in [7, 11) is 1.42. The molecule has 4 aromatic rings. The number of fused-ring (bicyclic) bond motifs is 5.